The molecule has 0 aromatic rings. The number of carbonyl (C=O) groups is 1. The number of rotatable bonds is 5. The van der Waals surface area contributed by atoms with Gasteiger partial charge in [0.05, 0.1) is 6.10 Å². The molecule has 0 fully saturated rings. The number of Topliss-reactive ketones (excluding diaryl/α,β-unsaturated/α-hetero) is 1. The molecule has 0 aliphatic carbocycles. The molecule has 0 aliphatic rings. The highest BCUT2D eigenvalue weighted by Gasteiger charge is 2.17. The van der Waals surface area contributed by atoms with E-state index in [1.165, 1.54) is 11.8 Å². The van der Waals surface area contributed by atoms with Crippen LogP contribution < -0.4 is 0 Å². The molecule has 2 atom stereocenters. The Bertz CT molecular complexity index is 147. The largest absolute Gasteiger partial charge is 0.389 e. The van der Waals surface area contributed by atoms with E-state index in [1.54, 1.807) is 14.1 Å². The number of aliphatic hydroxyl groups is 2. The minimum Gasteiger partial charge on any atom is -0.389 e. The average Bonchev–Trinajstić information content (AvgIpc) is 1.98. The number of aliphatic hydroxyl groups excluding tert-OH is 2. The minimum absolute atomic E-state index is 0.0278. The van der Waals surface area contributed by atoms with Gasteiger partial charge in [0, 0.05) is 6.42 Å². The van der Waals surface area contributed by atoms with Gasteiger partial charge in [0.25, 0.3) is 0 Å². The summed E-state index contributed by atoms with van der Waals surface area (Å²) in [4.78, 5) is 12.0. The average molecular weight is 175 g/mol. The van der Waals surface area contributed by atoms with Crippen molar-refractivity contribution in [3.8, 4) is 0 Å². The summed E-state index contributed by atoms with van der Waals surface area (Å²) < 4.78 is 0. The Hall–Kier alpha value is -0.450. The zero-order valence-electron chi connectivity index (χ0n) is 7.82. The molecule has 4 nitrogen and oxygen atoms in total. The highest BCUT2D eigenvalue weighted by Crippen LogP contribution is 2.04. The highest BCUT2D eigenvalue weighted by atomic mass is 16.3. The molecule has 0 amide bonds. The van der Waals surface area contributed by atoms with Gasteiger partial charge in [-0.3, -0.25) is 4.90 Å². The van der Waals surface area contributed by atoms with E-state index in [1.807, 2.05) is 0 Å². The second-order valence-electron chi connectivity index (χ2n) is 3.19. The van der Waals surface area contributed by atoms with E-state index in [9.17, 15) is 15.0 Å². The molecule has 2 unspecified atom stereocenters. The molecule has 4 heteroatoms. The zero-order valence-corrected chi connectivity index (χ0v) is 7.82. The molecule has 72 valence electrons. The lowest BCUT2D eigenvalue weighted by atomic mass is 10.1. The van der Waals surface area contributed by atoms with Crippen LogP contribution in [-0.4, -0.2) is 47.3 Å². The van der Waals surface area contributed by atoms with Crippen LogP contribution in [0.15, 0.2) is 0 Å². The summed E-state index contributed by atoms with van der Waals surface area (Å²) in [6.45, 7) is 1.47. The van der Waals surface area contributed by atoms with Crippen LogP contribution in [0.4, 0.5) is 0 Å². The molecule has 0 aromatic heterocycles. The van der Waals surface area contributed by atoms with E-state index in [2.05, 4.69) is 0 Å². The zero-order chi connectivity index (χ0) is 9.72. The fourth-order valence-corrected chi connectivity index (χ4v) is 0.844. The Balaban J connectivity index is 3.71. The summed E-state index contributed by atoms with van der Waals surface area (Å²) in [6, 6.07) is 0. The van der Waals surface area contributed by atoms with Crippen LogP contribution >= 0.6 is 0 Å². The Labute approximate surface area is 72.8 Å². The van der Waals surface area contributed by atoms with Crippen LogP contribution in [0.1, 0.15) is 19.8 Å². The number of ketones is 1. The molecular formula is C8H17NO3. The third kappa shape index (κ3) is 4.43. The SMILES string of the molecule is CC(=O)CCC(O)C(O)N(C)C. The first kappa shape index (κ1) is 11.6. The molecule has 0 bridgehead atoms. The maximum Gasteiger partial charge on any atom is 0.133 e. The molecule has 12 heavy (non-hydrogen) atoms. The first-order valence-corrected chi connectivity index (χ1v) is 3.97. The molecule has 0 saturated carbocycles. The molecule has 0 saturated heterocycles. The number of hydrogen-bond acceptors (Lipinski definition) is 4. The van der Waals surface area contributed by atoms with Gasteiger partial charge >= 0.3 is 0 Å². The van der Waals surface area contributed by atoms with Gasteiger partial charge < -0.3 is 15.0 Å². The molecule has 0 aliphatic heterocycles. The topological polar surface area (TPSA) is 60.8 Å². The summed E-state index contributed by atoms with van der Waals surface area (Å²) in [5, 5.41) is 18.6. The molecule has 0 heterocycles. The summed E-state index contributed by atoms with van der Waals surface area (Å²) in [5.74, 6) is 0.0278. The normalized spacial score (nSPS) is 16.2. The summed E-state index contributed by atoms with van der Waals surface area (Å²) in [7, 11) is 3.34. The third-order valence-electron chi connectivity index (χ3n) is 1.67. The van der Waals surface area contributed by atoms with Crippen LogP contribution in [0.5, 0.6) is 0 Å². The van der Waals surface area contributed by atoms with E-state index in [0.29, 0.717) is 12.8 Å². The number of likely N-dealkylation sites (N-methyl/N-ethyl adjacent to an activating group) is 1. The van der Waals surface area contributed by atoms with Gasteiger partial charge in [-0.1, -0.05) is 0 Å². The van der Waals surface area contributed by atoms with Crippen molar-refractivity contribution in [2.75, 3.05) is 14.1 Å². The Morgan fingerprint density at radius 1 is 1.42 bits per heavy atom. The predicted octanol–water partition coefficient (Wildman–Crippen LogP) is -0.403. The van der Waals surface area contributed by atoms with Crippen molar-refractivity contribution in [3.63, 3.8) is 0 Å². The molecule has 0 rings (SSSR count). The molecule has 0 aromatic carbocycles. The molecule has 2 N–H and O–H groups in total. The van der Waals surface area contributed by atoms with Crippen molar-refractivity contribution in [3.05, 3.63) is 0 Å². The van der Waals surface area contributed by atoms with Gasteiger partial charge in [0.2, 0.25) is 0 Å². The van der Waals surface area contributed by atoms with E-state index < -0.39 is 12.3 Å². The first-order valence-electron chi connectivity index (χ1n) is 3.97. The fourth-order valence-electron chi connectivity index (χ4n) is 0.844. The number of hydrogen-bond donors (Lipinski definition) is 2. The summed E-state index contributed by atoms with van der Waals surface area (Å²) in [6.07, 6.45) is -1.10. The van der Waals surface area contributed by atoms with E-state index >= 15 is 0 Å². The second kappa shape index (κ2) is 5.24. The van der Waals surface area contributed by atoms with Gasteiger partial charge in [-0.05, 0) is 27.4 Å². The maximum atomic E-state index is 10.5. The molecular weight excluding hydrogens is 158 g/mol. The first-order chi connectivity index (χ1) is 5.45. The van der Waals surface area contributed by atoms with Gasteiger partial charge in [-0.15, -0.1) is 0 Å². The van der Waals surface area contributed by atoms with Crippen molar-refractivity contribution in [1.29, 1.82) is 0 Å². The lowest BCUT2D eigenvalue weighted by molar-refractivity contribution is -0.118. The van der Waals surface area contributed by atoms with Crippen LogP contribution in [-0.2, 0) is 4.79 Å². The Morgan fingerprint density at radius 2 is 1.92 bits per heavy atom. The lowest BCUT2D eigenvalue weighted by Gasteiger charge is -2.23. The maximum absolute atomic E-state index is 10.5. The third-order valence-corrected chi connectivity index (χ3v) is 1.67. The number of nitrogens with zero attached hydrogens (tertiary/aromatic N) is 1. The standard InChI is InChI=1S/C8H17NO3/c1-6(10)4-5-7(11)8(12)9(2)3/h7-8,11-12H,4-5H2,1-3H3. The van der Waals surface area contributed by atoms with Crippen LogP contribution in [0.2, 0.25) is 0 Å². The van der Waals surface area contributed by atoms with Crippen LogP contribution in [0, 0.1) is 0 Å². The lowest BCUT2D eigenvalue weighted by Crippen LogP contribution is -2.38. The Morgan fingerprint density at radius 3 is 2.25 bits per heavy atom. The number of carbonyl (C=O) groups excluding carboxylic acids is 1. The monoisotopic (exact) mass is 175 g/mol. The van der Waals surface area contributed by atoms with Crippen molar-refractivity contribution < 1.29 is 15.0 Å². The fraction of sp³-hybridized carbons (Fsp3) is 0.875. The van der Waals surface area contributed by atoms with Gasteiger partial charge in [0.15, 0.2) is 0 Å². The van der Waals surface area contributed by atoms with Crippen molar-refractivity contribution in [2.24, 2.45) is 0 Å². The highest BCUT2D eigenvalue weighted by molar-refractivity contribution is 5.75. The summed E-state index contributed by atoms with van der Waals surface area (Å²) in [5.41, 5.74) is 0. The second-order valence-corrected chi connectivity index (χ2v) is 3.19. The van der Waals surface area contributed by atoms with Crippen molar-refractivity contribution >= 4 is 5.78 Å². The minimum atomic E-state index is -0.885. The van der Waals surface area contributed by atoms with Crippen molar-refractivity contribution in [2.45, 2.75) is 32.1 Å². The smallest absolute Gasteiger partial charge is 0.133 e. The quantitative estimate of drug-likeness (QED) is 0.558. The van der Waals surface area contributed by atoms with Gasteiger partial charge in [-0.25, -0.2) is 0 Å². The molecule has 0 radical (unpaired) electrons. The van der Waals surface area contributed by atoms with E-state index in [4.69, 9.17) is 0 Å². The van der Waals surface area contributed by atoms with Crippen LogP contribution in [0.3, 0.4) is 0 Å². The summed E-state index contributed by atoms with van der Waals surface area (Å²) >= 11 is 0. The van der Waals surface area contributed by atoms with E-state index in [-0.39, 0.29) is 5.78 Å². The van der Waals surface area contributed by atoms with E-state index in [0.717, 1.165) is 0 Å². The Kier molecular flexibility index (Phi) is 5.04. The van der Waals surface area contributed by atoms with Gasteiger partial charge in [-0.2, -0.15) is 0 Å². The van der Waals surface area contributed by atoms with Crippen molar-refractivity contribution in [1.82, 2.24) is 4.90 Å². The van der Waals surface area contributed by atoms with Gasteiger partial charge in [0.1, 0.15) is 12.0 Å². The molecule has 0 spiro atoms. The van der Waals surface area contributed by atoms with Crippen LogP contribution in [0.25, 0.3) is 0 Å². The predicted molar refractivity (Wildman–Crippen MR) is 45.6 cm³/mol.